The molecular weight excluding hydrogens is 266 g/mol. The van der Waals surface area contributed by atoms with Crippen LogP contribution in [0.3, 0.4) is 0 Å². The molecule has 21 heavy (non-hydrogen) atoms. The standard InChI is InChI=1S/C17H29NO3/c1-2-14-7-6-10-18(13-14)15(19)11-17(12-16(20)21)8-4-3-5-9-17/h14H,2-13H2,1H3,(H,20,21). The van der Waals surface area contributed by atoms with Crippen molar-refractivity contribution in [2.45, 2.75) is 71.1 Å². The molecule has 1 unspecified atom stereocenters. The van der Waals surface area contributed by atoms with Crippen molar-refractivity contribution >= 4 is 11.9 Å². The summed E-state index contributed by atoms with van der Waals surface area (Å²) in [6.45, 7) is 3.92. The Bertz CT molecular complexity index is 374. The molecule has 0 aromatic carbocycles. The number of hydrogen-bond donors (Lipinski definition) is 1. The van der Waals surface area contributed by atoms with Crippen molar-refractivity contribution in [1.82, 2.24) is 4.90 Å². The highest BCUT2D eigenvalue weighted by atomic mass is 16.4. The second-order valence-electron chi connectivity index (χ2n) is 7.06. The number of carbonyl (C=O) groups is 2. The molecule has 0 aromatic heterocycles. The Labute approximate surface area is 127 Å². The van der Waals surface area contributed by atoms with E-state index in [9.17, 15) is 14.7 Å². The third kappa shape index (κ3) is 4.45. The molecular formula is C17H29NO3. The zero-order valence-electron chi connectivity index (χ0n) is 13.3. The number of carboxylic acid groups (broad SMARTS) is 1. The number of likely N-dealkylation sites (tertiary alicyclic amines) is 1. The van der Waals surface area contributed by atoms with Crippen LogP contribution < -0.4 is 0 Å². The van der Waals surface area contributed by atoms with Gasteiger partial charge in [0, 0.05) is 19.5 Å². The highest BCUT2D eigenvalue weighted by molar-refractivity contribution is 5.78. The van der Waals surface area contributed by atoms with Crippen LogP contribution in [0.25, 0.3) is 0 Å². The van der Waals surface area contributed by atoms with Gasteiger partial charge in [0.25, 0.3) is 0 Å². The molecule has 0 spiro atoms. The van der Waals surface area contributed by atoms with Crippen LogP contribution in [0.15, 0.2) is 0 Å². The molecule has 2 rings (SSSR count). The fourth-order valence-corrected chi connectivity index (χ4v) is 4.10. The normalized spacial score (nSPS) is 25.6. The van der Waals surface area contributed by atoms with Gasteiger partial charge in [0.05, 0.1) is 6.42 Å². The summed E-state index contributed by atoms with van der Waals surface area (Å²) in [5, 5.41) is 9.21. The lowest BCUT2D eigenvalue weighted by Gasteiger charge is -2.39. The van der Waals surface area contributed by atoms with Gasteiger partial charge >= 0.3 is 5.97 Å². The molecule has 120 valence electrons. The van der Waals surface area contributed by atoms with Crippen LogP contribution in [0.5, 0.6) is 0 Å². The molecule has 1 aliphatic heterocycles. The van der Waals surface area contributed by atoms with Crippen molar-refractivity contribution in [2.24, 2.45) is 11.3 Å². The molecule has 0 aromatic rings. The number of carbonyl (C=O) groups excluding carboxylic acids is 1. The Morgan fingerprint density at radius 2 is 1.86 bits per heavy atom. The molecule has 1 N–H and O–H groups in total. The summed E-state index contributed by atoms with van der Waals surface area (Å²) in [4.78, 5) is 25.8. The lowest BCUT2D eigenvalue weighted by Crippen LogP contribution is -2.43. The molecule has 1 atom stereocenters. The Kier molecular flexibility index (Phi) is 5.65. The summed E-state index contributed by atoms with van der Waals surface area (Å²) < 4.78 is 0. The minimum absolute atomic E-state index is 0.157. The molecule has 0 radical (unpaired) electrons. The van der Waals surface area contributed by atoms with E-state index < -0.39 is 5.97 Å². The minimum atomic E-state index is -0.755. The average Bonchev–Trinajstić information content (AvgIpc) is 2.47. The maximum absolute atomic E-state index is 12.6. The van der Waals surface area contributed by atoms with Gasteiger partial charge in [0.2, 0.25) is 5.91 Å². The summed E-state index contributed by atoms with van der Waals surface area (Å²) in [5.41, 5.74) is -0.277. The molecule has 2 aliphatic rings. The van der Waals surface area contributed by atoms with Gasteiger partial charge in [-0.05, 0) is 37.0 Å². The lowest BCUT2D eigenvalue weighted by molar-refractivity contribution is -0.143. The van der Waals surface area contributed by atoms with Crippen LogP contribution in [0.1, 0.15) is 71.1 Å². The van der Waals surface area contributed by atoms with E-state index in [1.165, 1.54) is 12.8 Å². The predicted molar refractivity (Wildman–Crippen MR) is 82.0 cm³/mol. The Morgan fingerprint density at radius 3 is 2.48 bits per heavy atom. The average molecular weight is 295 g/mol. The van der Waals surface area contributed by atoms with Crippen molar-refractivity contribution in [1.29, 1.82) is 0 Å². The fraction of sp³-hybridized carbons (Fsp3) is 0.882. The summed E-state index contributed by atoms with van der Waals surface area (Å²) in [7, 11) is 0. The molecule has 1 aliphatic carbocycles. The topological polar surface area (TPSA) is 57.6 Å². The first-order valence-electron chi connectivity index (χ1n) is 8.54. The Morgan fingerprint density at radius 1 is 1.14 bits per heavy atom. The molecule has 1 heterocycles. The first kappa shape index (κ1) is 16.3. The minimum Gasteiger partial charge on any atom is -0.481 e. The van der Waals surface area contributed by atoms with E-state index in [0.717, 1.165) is 51.6 Å². The van der Waals surface area contributed by atoms with Gasteiger partial charge in [-0.3, -0.25) is 9.59 Å². The maximum atomic E-state index is 12.6. The molecule has 2 fully saturated rings. The van der Waals surface area contributed by atoms with Crippen molar-refractivity contribution in [3.8, 4) is 0 Å². The van der Waals surface area contributed by atoms with E-state index in [4.69, 9.17) is 0 Å². The second kappa shape index (κ2) is 7.28. The van der Waals surface area contributed by atoms with E-state index >= 15 is 0 Å². The van der Waals surface area contributed by atoms with Crippen molar-refractivity contribution in [3.63, 3.8) is 0 Å². The van der Waals surface area contributed by atoms with Crippen LogP contribution in [0.2, 0.25) is 0 Å². The third-order valence-electron chi connectivity index (χ3n) is 5.42. The van der Waals surface area contributed by atoms with Crippen LogP contribution in [-0.2, 0) is 9.59 Å². The number of aliphatic carboxylic acids is 1. The molecule has 1 amide bonds. The number of amides is 1. The molecule has 4 nitrogen and oxygen atoms in total. The highest BCUT2D eigenvalue weighted by Crippen LogP contribution is 2.43. The number of piperidine rings is 1. The van der Waals surface area contributed by atoms with E-state index in [1.54, 1.807) is 0 Å². The van der Waals surface area contributed by atoms with Gasteiger partial charge in [0.1, 0.15) is 0 Å². The largest absolute Gasteiger partial charge is 0.481 e. The Hall–Kier alpha value is -1.06. The van der Waals surface area contributed by atoms with Gasteiger partial charge < -0.3 is 10.0 Å². The lowest BCUT2D eigenvalue weighted by atomic mass is 9.69. The highest BCUT2D eigenvalue weighted by Gasteiger charge is 2.38. The Balaban J connectivity index is 1.98. The third-order valence-corrected chi connectivity index (χ3v) is 5.42. The van der Waals surface area contributed by atoms with Gasteiger partial charge in [-0.2, -0.15) is 0 Å². The zero-order chi connectivity index (χ0) is 15.3. The summed E-state index contributed by atoms with van der Waals surface area (Å²) in [6.07, 6.45) is 9.15. The predicted octanol–water partition coefficient (Wildman–Crippen LogP) is 3.45. The van der Waals surface area contributed by atoms with Gasteiger partial charge in [0.15, 0.2) is 0 Å². The summed E-state index contributed by atoms with van der Waals surface area (Å²) in [6, 6.07) is 0. The van der Waals surface area contributed by atoms with Gasteiger partial charge in [-0.25, -0.2) is 0 Å². The van der Waals surface area contributed by atoms with E-state index in [2.05, 4.69) is 6.92 Å². The monoisotopic (exact) mass is 295 g/mol. The molecule has 4 heteroatoms. The van der Waals surface area contributed by atoms with E-state index in [-0.39, 0.29) is 17.7 Å². The zero-order valence-corrected chi connectivity index (χ0v) is 13.3. The maximum Gasteiger partial charge on any atom is 0.303 e. The molecule has 1 saturated heterocycles. The van der Waals surface area contributed by atoms with Crippen molar-refractivity contribution < 1.29 is 14.7 Å². The van der Waals surface area contributed by atoms with Crippen LogP contribution in [-0.4, -0.2) is 35.0 Å². The van der Waals surface area contributed by atoms with Crippen molar-refractivity contribution in [2.75, 3.05) is 13.1 Å². The first-order chi connectivity index (χ1) is 10.0. The van der Waals surface area contributed by atoms with Crippen molar-refractivity contribution in [3.05, 3.63) is 0 Å². The summed E-state index contributed by atoms with van der Waals surface area (Å²) in [5.74, 6) is 0.0653. The van der Waals surface area contributed by atoms with Crippen LogP contribution in [0.4, 0.5) is 0 Å². The second-order valence-corrected chi connectivity index (χ2v) is 7.06. The van der Waals surface area contributed by atoms with Crippen LogP contribution >= 0.6 is 0 Å². The van der Waals surface area contributed by atoms with Gasteiger partial charge in [-0.15, -0.1) is 0 Å². The molecule has 1 saturated carbocycles. The first-order valence-corrected chi connectivity index (χ1v) is 8.54. The quantitative estimate of drug-likeness (QED) is 0.845. The number of rotatable bonds is 5. The number of hydrogen-bond acceptors (Lipinski definition) is 2. The smallest absolute Gasteiger partial charge is 0.303 e. The number of carboxylic acids is 1. The number of nitrogens with zero attached hydrogens (tertiary/aromatic N) is 1. The van der Waals surface area contributed by atoms with E-state index in [1.807, 2.05) is 4.90 Å². The van der Waals surface area contributed by atoms with Gasteiger partial charge in [-0.1, -0.05) is 32.6 Å². The van der Waals surface area contributed by atoms with E-state index in [0.29, 0.717) is 12.3 Å². The summed E-state index contributed by atoms with van der Waals surface area (Å²) >= 11 is 0. The SMILES string of the molecule is CCC1CCCN(C(=O)CC2(CC(=O)O)CCCCC2)C1. The molecule has 0 bridgehead atoms. The van der Waals surface area contributed by atoms with Crippen LogP contribution in [0, 0.1) is 11.3 Å². The fourth-order valence-electron chi connectivity index (χ4n) is 4.10.